The van der Waals surface area contributed by atoms with Crippen molar-refractivity contribution >= 4 is 28.3 Å². The van der Waals surface area contributed by atoms with Crippen LogP contribution in [-0.2, 0) is 11.3 Å². The Morgan fingerprint density at radius 2 is 2.13 bits per heavy atom. The lowest BCUT2D eigenvalue weighted by molar-refractivity contribution is -0.386. The van der Waals surface area contributed by atoms with Crippen LogP contribution in [0, 0.1) is 24.0 Å². The molecule has 1 saturated heterocycles. The fraction of sp³-hybridized carbons (Fsp3) is 0.556. The van der Waals surface area contributed by atoms with E-state index in [2.05, 4.69) is 20.2 Å². The number of alkyl halides is 1. The molecule has 0 aromatic carbocycles. The Bertz CT molecular complexity index is 1110. The first-order valence-corrected chi connectivity index (χ1v) is 10.2. The topological polar surface area (TPSA) is 123 Å². The van der Waals surface area contributed by atoms with Crippen molar-refractivity contribution in [3.8, 4) is 5.88 Å². The molecule has 31 heavy (non-hydrogen) atoms. The predicted octanol–water partition coefficient (Wildman–Crippen LogP) is 2.97. The Morgan fingerprint density at radius 3 is 2.84 bits per heavy atom. The molecule has 4 heterocycles. The summed E-state index contributed by atoms with van der Waals surface area (Å²) in [5.74, 6) is -0.191. The van der Waals surface area contributed by atoms with E-state index in [0.29, 0.717) is 48.5 Å². The van der Waals surface area contributed by atoms with Gasteiger partial charge in [0, 0.05) is 19.4 Å². The number of ether oxygens (including phenoxy) is 2. The second-order valence-electron chi connectivity index (χ2n) is 7.34. The lowest BCUT2D eigenvalue weighted by Crippen LogP contribution is -2.22. The van der Waals surface area contributed by atoms with Gasteiger partial charge in [0.1, 0.15) is 12.3 Å². The van der Waals surface area contributed by atoms with Gasteiger partial charge in [-0.1, -0.05) is 0 Å². The predicted molar refractivity (Wildman–Crippen MR) is 108 cm³/mol. The van der Waals surface area contributed by atoms with Crippen molar-refractivity contribution in [2.24, 2.45) is 0 Å². The SMILES string of the molecule is Cc1nn(CC(F)COc2nn(C3CCOCC3)c(C)c2[N+](=O)[O-])c2nc(Cl)ncc12. The molecule has 1 fully saturated rings. The molecule has 13 heteroatoms. The molecule has 0 N–H and O–H groups in total. The fourth-order valence-electron chi connectivity index (χ4n) is 3.70. The summed E-state index contributed by atoms with van der Waals surface area (Å²) in [5, 5.41) is 20.8. The van der Waals surface area contributed by atoms with Gasteiger partial charge in [-0.3, -0.25) is 14.8 Å². The summed E-state index contributed by atoms with van der Waals surface area (Å²) >= 11 is 5.84. The molecule has 1 aliphatic rings. The van der Waals surface area contributed by atoms with Crippen LogP contribution in [-0.4, -0.2) is 60.4 Å². The second-order valence-corrected chi connectivity index (χ2v) is 7.67. The Balaban J connectivity index is 1.50. The van der Waals surface area contributed by atoms with E-state index in [0.717, 1.165) is 0 Å². The summed E-state index contributed by atoms with van der Waals surface area (Å²) in [7, 11) is 0. The van der Waals surface area contributed by atoms with E-state index in [1.165, 1.54) is 10.9 Å². The van der Waals surface area contributed by atoms with Gasteiger partial charge in [0.2, 0.25) is 5.28 Å². The van der Waals surface area contributed by atoms with Crippen molar-refractivity contribution < 1.29 is 18.8 Å². The minimum Gasteiger partial charge on any atom is -0.469 e. The van der Waals surface area contributed by atoms with Crippen molar-refractivity contribution in [1.82, 2.24) is 29.5 Å². The monoisotopic (exact) mass is 453 g/mol. The van der Waals surface area contributed by atoms with Crippen molar-refractivity contribution in [2.45, 2.75) is 45.4 Å². The lowest BCUT2D eigenvalue weighted by atomic mass is 10.1. The second kappa shape index (κ2) is 8.71. The van der Waals surface area contributed by atoms with Gasteiger partial charge in [-0.2, -0.15) is 10.1 Å². The third-order valence-electron chi connectivity index (χ3n) is 5.22. The first-order chi connectivity index (χ1) is 14.8. The van der Waals surface area contributed by atoms with Crippen LogP contribution in [0.15, 0.2) is 6.20 Å². The van der Waals surface area contributed by atoms with Gasteiger partial charge >= 0.3 is 11.6 Å². The summed E-state index contributed by atoms with van der Waals surface area (Å²) in [6.45, 7) is 3.91. The molecule has 1 atom stereocenters. The fourth-order valence-corrected chi connectivity index (χ4v) is 3.83. The Morgan fingerprint density at radius 1 is 1.39 bits per heavy atom. The van der Waals surface area contributed by atoms with Gasteiger partial charge in [0.25, 0.3) is 0 Å². The number of hydrogen-bond acceptors (Lipinski definition) is 8. The van der Waals surface area contributed by atoms with E-state index in [-0.39, 0.29) is 29.4 Å². The van der Waals surface area contributed by atoms with Gasteiger partial charge < -0.3 is 9.47 Å². The number of rotatable bonds is 7. The molecule has 0 saturated carbocycles. The molecule has 166 valence electrons. The number of nitro groups is 1. The van der Waals surface area contributed by atoms with Crippen LogP contribution in [0.2, 0.25) is 5.28 Å². The van der Waals surface area contributed by atoms with E-state index in [9.17, 15) is 14.5 Å². The summed E-state index contributed by atoms with van der Waals surface area (Å²) < 4.78 is 28.5. The maximum Gasteiger partial charge on any atom is 0.352 e. The first kappa shape index (κ1) is 21.4. The molecule has 0 radical (unpaired) electrons. The molecular formula is C18H21ClFN7O4. The highest BCUT2D eigenvalue weighted by molar-refractivity contribution is 6.28. The van der Waals surface area contributed by atoms with E-state index in [4.69, 9.17) is 21.1 Å². The molecule has 0 aliphatic carbocycles. The van der Waals surface area contributed by atoms with Gasteiger partial charge in [-0.15, -0.1) is 5.10 Å². The number of halogens is 2. The molecule has 0 bridgehead atoms. The van der Waals surface area contributed by atoms with E-state index in [1.54, 1.807) is 18.5 Å². The third-order valence-corrected chi connectivity index (χ3v) is 5.41. The highest BCUT2D eigenvalue weighted by Crippen LogP contribution is 2.34. The third kappa shape index (κ3) is 4.30. The number of aryl methyl sites for hydroxylation is 1. The van der Waals surface area contributed by atoms with Crippen molar-refractivity contribution in [3.63, 3.8) is 0 Å². The minimum atomic E-state index is -1.51. The summed E-state index contributed by atoms with van der Waals surface area (Å²) in [5.41, 5.74) is 1.17. The van der Waals surface area contributed by atoms with Crippen LogP contribution in [0.3, 0.4) is 0 Å². The van der Waals surface area contributed by atoms with E-state index in [1.807, 2.05) is 0 Å². The summed E-state index contributed by atoms with van der Waals surface area (Å²) in [4.78, 5) is 19.0. The smallest absolute Gasteiger partial charge is 0.352 e. The maximum absolute atomic E-state index is 14.7. The first-order valence-electron chi connectivity index (χ1n) is 9.79. The number of aromatic nitrogens is 6. The van der Waals surface area contributed by atoms with Crippen LogP contribution in [0.5, 0.6) is 5.88 Å². The van der Waals surface area contributed by atoms with Gasteiger partial charge in [0.05, 0.1) is 28.6 Å². The van der Waals surface area contributed by atoms with Crippen LogP contribution in [0.25, 0.3) is 11.0 Å². The average Bonchev–Trinajstić information content (AvgIpc) is 3.23. The van der Waals surface area contributed by atoms with E-state index >= 15 is 0 Å². The zero-order chi connectivity index (χ0) is 22.1. The highest BCUT2D eigenvalue weighted by atomic mass is 35.5. The van der Waals surface area contributed by atoms with Gasteiger partial charge in [0.15, 0.2) is 11.8 Å². The van der Waals surface area contributed by atoms with Crippen LogP contribution < -0.4 is 4.74 Å². The standard InChI is InChI=1S/C18H21ClFN7O4/c1-10-14-7-21-18(19)22-16(14)25(23-10)8-12(20)9-31-17-15(27(28)29)11(2)26(24-17)13-3-5-30-6-4-13/h7,12-13H,3-6,8-9H2,1-2H3. The number of nitrogens with zero attached hydrogens (tertiary/aromatic N) is 7. The van der Waals surface area contributed by atoms with Crippen LogP contribution in [0.1, 0.15) is 30.3 Å². The van der Waals surface area contributed by atoms with Gasteiger partial charge in [-0.05, 0) is 38.3 Å². The number of hydrogen-bond donors (Lipinski definition) is 0. The van der Waals surface area contributed by atoms with Crippen LogP contribution >= 0.6 is 11.6 Å². The quantitative estimate of drug-likeness (QED) is 0.304. The molecule has 1 aliphatic heterocycles. The Hall–Kier alpha value is -2.86. The molecular weight excluding hydrogens is 433 g/mol. The Labute approximate surface area is 181 Å². The maximum atomic E-state index is 14.7. The average molecular weight is 454 g/mol. The zero-order valence-electron chi connectivity index (χ0n) is 17.0. The molecule has 4 rings (SSSR count). The van der Waals surface area contributed by atoms with Crippen molar-refractivity contribution in [1.29, 1.82) is 0 Å². The van der Waals surface area contributed by atoms with Crippen molar-refractivity contribution in [3.05, 3.63) is 33.0 Å². The lowest BCUT2D eigenvalue weighted by Gasteiger charge is -2.22. The zero-order valence-corrected chi connectivity index (χ0v) is 17.8. The molecule has 3 aromatic heterocycles. The normalized spacial score (nSPS) is 16.0. The number of fused-ring (bicyclic) bond motifs is 1. The summed E-state index contributed by atoms with van der Waals surface area (Å²) in [6, 6.07) is -0.0196. The molecule has 1 unspecified atom stereocenters. The van der Waals surface area contributed by atoms with Crippen LogP contribution in [0.4, 0.5) is 10.1 Å². The van der Waals surface area contributed by atoms with E-state index < -0.39 is 17.7 Å². The molecule has 0 amide bonds. The summed E-state index contributed by atoms with van der Waals surface area (Å²) in [6.07, 6.45) is 1.41. The largest absolute Gasteiger partial charge is 0.469 e. The van der Waals surface area contributed by atoms with Gasteiger partial charge in [-0.25, -0.2) is 14.1 Å². The minimum absolute atomic E-state index is 0.0196. The highest BCUT2D eigenvalue weighted by Gasteiger charge is 2.31. The molecule has 11 nitrogen and oxygen atoms in total. The molecule has 0 spiro atoms. The Kier molecular flexibility index (Phi) is 6.01. The van der Waals surface area contributed by atoms with Crippen molar-refractivity contribution in [2.75, 3.05) is 19.8 Å². The molecule has 3 aromatic rings.